The first-order valence-corrected chi connectivity index (χ1v) is 22.0. The summed E-state index contributed by atoms with van der Waals surface area (Å²) in [6, 6.07) is 0. The molecule has 3 atom stereocenters. The minimum atomic E-state index is -4.79. The molecule has 0 amide bonds. The number of phosphoric acid groups is 1. The van der Waals surface area contributed by atoms with Gasteiger partial charge in [-0.3, -0.25) is 14.1 Å². The van der Waals surface area contributed by atoms with E-state index in [2.05, 4.69) is 48.8 Å². The number of aliphatic hydroxyl groups is 2. The van der Waals surface area contributed by atoms with Gasteiger partial charge in [-0.2, -0.15) is 0 Å². The van der Waals surface area contributed by atoms with Crippen molar-refractivity contribution in [2.75, 3.05) is 13.2 Å². The van der Waals surface area contributed by atoms with Crippen molar-refractivity contribution in [3.8, 4) is 0 Å². The minimum Gasteiger partial charge on any atom is -0.462 e. The molecular weight excluding hydrogens is 683 g/mol. The zero-order valence-corrected chi connectivity index (χ0v) is 33.6. The van der Waals surface area contributed by atoms with E-state index in [1.54, 1.807) is 0 Å². The molecule has 0 fully saturated rings. The predicted molar refractivity (Wildman–Crippen MR) is 210 cm³/mol. The van der Waals surface area contributed by atoms with Gasteiger partial charge in [0.15, 0.2) is 6.10 Å². The molecule has 0 aliphatic heterocycles. The Morgan fingerprint density at radius 3 is 1.62 bits per heavy atom. The van der Waals surface area contributed by atoms with Crippen LogP contribution in [0.5, 0.6) is 0 Å². The van der Waals surface area contributed by atoms with Gasteiger partial charge in [0, 0.05) is 12.8 Å². The molecule has 0 aliphatic carbocycles. The molecule has 0 saturated heterocycles. The zero-order valence-electron chi connectivity index (χ0n) is 32.7. The number of allylic oxidation sites excluding steroid dienone is 5. The van der Waals surface area contributed by atoms with E-state index in [1.165, 1.54) is 57.8 Å². The average Bonchev–Trinajstić information content (AvgIpc) is 3.11. The van der Waals surface area contributed by atoms with Crippen LogP contribution in [0.3, 0.4) is 0 Å². The number of hydrogen-bond acceptors (Lipinski definition) is 8. The fraction of sp³-hybridized carbons (Fsp3) is 0.805. The SMILES string of the molecule is CCCCC/C=C\C/C=C\CCCCCCCCCC(=O)OC[C@H](COP(=O)(O)O)OC(=O)CCCCCCC[C@H](O)[C@@H](O)C/C=C\CCCCC. The van der Waals surface area contributed by atoms with Crippen LogP contribution in [0.25, 0.3) is 0 Å². The molecule has 0 saturated carbocycles. The fourth-order valence-corrected chi connectivity index (χ4v) is 5.96. The summed E-state index contributed by atoms with van der Waals surface area (Å²) in [4.78, 5) is 42.8. The van der Waals surface area contributed by atoms with Crippen LogP contribution in [0.1, 0.15) is 181 Å². The Kier molecular flexibility index (Phi) is 34.9. The Labute approximate surface area is 316 Å². The summed E-state index contributed by atoms with van der Waals surface area (Å²) < 4.78 is 26.3. The first kappa shape index (κ1) is 50.2. The van der Waals surface area contributed by atoms with Crippen LogP contribution in [0, 0.1) is 0 Å². The topological polar surface area (TPSA) is 160 Å². The number of rotatable bonds is 37. The molecule has 0 spiro atoms. The highest BCUT2D eigenvalue weighted by molar-refractivity contribution is 7.46. The van der Waals surface area contributed by atoms with Crippen molar-refractivity contribution in [1.29, 1.82) is 0 Å². The summed E-state index contributed by atoms with van der Waals surface area (Å²) in [7, 11) is -4.79. The van der Waals surface area contributed by atoms with Crippen LogP contribution >= 0.6 is 7.82 Å². The highest BCUT2D eigenvalue weighted by atomic mass is 31.2. The number of ether oxygens (including phenoxy) is 2. The normalized spacial score (nSPS) is 14.0. The van der Waals surface area contributed by atoms with Crippen molar-refractivity contribution in [2.45, 2.75) is 199 Å². The third-order valence-corrected chi connectivity index (χ3v) is 9.32. The van der Waals surface area contributed by atoms with Gasteiger partial charge in [0.1, 0.15) is 6.61 Å². The Hall–Kier alpha value is -1.81. The summed E-state index contributed by atoms with van der Waals surface area (Å²) in [6.07, 6.45) is 34.5. The van der Waals surface area contributed by atoms with E-state index in [0.717, 1.165) is 70.6 Å². The largest absolute Gasteiger partial charge is 0.469 e. The molecule has 0 aromatic heterocycles. The number of esters is 2. The average molecular weight is 759 g/mol. The predicted octanol–water partition coefficient (Wildman–Crippen LogP) is 10.1. The second kappa shape index (κ2) is 36.2. The standard InChI is InChI=1S/C41H75O10P/c1-3-5-7-9-11-12-13-14-15-16-17-18-19-20-21-25-29-33-40(44)49-35-37(36-50-52(46,47)48)51-41(45)34-30-26-22-24-28-32-39(43)38(42)31-27-23-10-8-6-4-2/h11-12,14-15,23,27,37-39,42-43H,3-10,13,16-22,24-26,28-36H2,1-2H3,(H2,46,47,48)/b12-11-,15-14-,27-23-/t37-,38+,39+/m1/s1. The van der Waals surface area contributed by atoms with E-state index in [9.17, 15) is 24.4 Å². The highest BCUT2D eigenvalue weighted by Crippen LogP contribution is 2.36. The summed E-state index contributed by atoms with van der Waals surface area (Å²) in [6.45, 7) is 3.46. The number of carbonyl (C=O) groups is 2. The molecule has 0 aromatic rings. The van der Waals surface area contributed by atoms with Crippen molar-refractivity contribution in [3.05, 3.63) is 36.5 Å². The monoisotopic (exact) mass is 759 g/mol. The molecule has 0 aliphatic rings. The van der Waals surface area contributed by atoms with E-state index in [4.69, 9.17) is 19.3 Å². The van der Waals surface area contributed by atoms with Gasteiger partial charge in [0.25, 0.3) is 0 Å². The molecule has 0 radical (unpaired) electrons. The number of aliphatic hydroxyl groups excluding tert-OH is 2. The number of carbonyl (C=O) groups excluding carboxylic acids is 2. The number of unbranched alkanes of at least 4 members (excludes halogenated alkanes) is 17. The van der Waals surface area contributed by atoms with Gasteiger partial charge < -0.3 is 29.5 Å². The molecule has 0 aromatic carbocycles. The van der Waals surface area contributed by atoms with Crippen LogP contribution in [0.2, 0.25) is 0 Å². The van der Waals surface area contributed by atoms with Crippen molar-refractivity contribution in [2.24, 2.45) is 0 Å². The van der Waals surface area contributed by atoms with Gasteiger partial charge in [0.05, 0.1) is 18.8 Å². The molecule has 11 heteroatoms. The first-order chi connectivity index (χ1) is 25.1. The summed E-state index contributed by atoms with van der Waals surface area (Å²) in [5.41, 5.74) is 0. The summed E-state index contributed by atoms with van der Waals surface area (Å²) in [5.74, 6) is -1.01. The fourth-order valence-electron chi connectivity index (χ4n) is 5.60. The Balaban J connectivity index is 4.06. The smallest absolute Gasteiger partial charge is 0.462 e. The lowest BCUT2D eigenvalue weighted by molar-refractivity contribution is -0.161. The zero-order chi connectivity index (χ0) is 38.5. The van der Waals surface area contributed by atoms with Gasteiger partial charge in [-0.25, -0.2) is 4.57 Å². The minimum absolute atomic E-state index is 0.111. The lowest BCUT2D eigenvalue weighted by Crippen LogP contribution is -2.29. The second-order valence-corrected chi connectivity index (χ2v) is 15.2. The molecule has 0 rings (SSSR count). The quantitative estimate of drug-likeness (QED) is 0.0208. The van der Waals surface area contributed by atoms with Gasteiger partial charge in [-0.05, 0) is 70.6 Å². The molecule has 304 valence electrons. The van der Waals surface area contributed by atoms with Gasteiger partial charge in [-0.1, -0.05) is 134 Å². The molecule has 4 N–H and O–H groups in total. The number of phosphoric ester groups is 1. The summed E-state index contributed by atoms with van der Waals surface area (Å²) >= 11 is 0. The molecule has 0 unspecified atom stereocenters. The molecule has 0 bridgehead atoms. The van der Waals surface area contributed by atoms with Gasteiger partial charge >= 0.3 is 19.8 Å². The van der Waals surface area contributed by atoms with E-state index in [0.29, 0.717) is 25.7 Å². The third kappa shape index (κ3) is 36.5. The maximum atomic E-state index is 12.4. The van der Waals surface area contributed by atoms with Crippen molar-refractivity contribution >= 4 is 19.8 Å². The lowest BCUT2D eigenvalue weighted by Gasteiger charge is -2.18. The maximum absolute atomic E-state index is 12.4. The molecular formula is C41H75O10P. The van der Waals surface area contributed by atoms with Crippen LogP contribution in [0.15, 0.2) is 36.5 Å². The molecule has 52 heavy (non-hydrogen) atoms. The third-order valence-electron chi connectivity index (χ3n) is 8.83. The van der Waals surface area contributed by atoms with Crippen LogP contribution in [-0.2, 0) is 28.2 Å². The van der Waals surface area contributed by atoms with Gasteiger partial charge in [-0.15, -0.1) is 0 Å². The van der Waals surface area contributed by atoms with Crippen LogP contribution in [0.4, 0.5) is 0 Å². The van der Waals surface area contributed by atoms with Crippen molar-refractivity contribution in [1.82, 2.24) is 0 Å². The van der Waals surface area contributed by atoms with Crippen LogP contribution in [-0.4, -0.2) is 63.5 Å². The second-order valence-electron chi connectivity index (χ2n) is 13.9. The maximum Gasteiger partial charge on any atom is 0.469 e. The molecule has 10 nitrogen and oxygen atoms in total. The first-order valence-electron chi connectivity index (χ1n) is 20.4. The van der Waals surface area contributed by atoms with Crippen molar-refractivity contribution < 1.29 is 48.2 Å². The van der Waals surface area contributed by atoms with Crippen molar-refractivity contribution in [3.63, 3.8) is 0 Å². The molecule has 0 heterocycles. The Bertz CT molecular complexity index is 977. The Morgan fingerprint density at radius 2 is 1.06 bits per heavy atom. The lowest BCUT2D eigenvalue weighted by atomic mass is 10.0. The van der Waals surface area contributed by atoms with Gasteiger partial charge in [0.2, 0.25) is 0 Å². The van der Waals surface area contributed by atoms with E-state index < -0.39 is 44.7 Å². The van der Waals surface area contributed by atoms with E-state index in [-0.39, 0.29) is 19.4 Å². The summed E-state index contributed by atoms with van der Waals surface area (Å²) in [5, 5.41) is 20.3. The Morgan fingerprint density at radius 1 is 0.577 bits per heavy atom. The highest BCUT2D eigenvalue weighted by Gasteiger charge is 2.23. The van der Waals surface area contributed by atoms with E-state index in [1.807, 2.05) is 6.08 Å². The number of hydrogen-bond donors (Lipinski definition) is 4. The van der Waals surface area contributed by atoms with E-state index >= 15 is 0 Å². The van der Waals surface area contributed by atoms with Crippen LogP contribution < -0.4 is 0 Å².